The van der Waals surface area contributed by atoms with Crippen LogP contribution in [0.1, 0.15) is 64.7 Å². The monoisotopic (exact) mass is 294 g/mol. The standard InChI is InChI=1S/C18H34N2O/c1-2-10-19-17(15-16-6-5-7-16)18(8-3-4-9-18)20-11-13-21-14-12-20/h16-17,19H,2-15H2,1H3. The highest BCUT2D eigenvalue weighted by Crippen LogP contribution is 2.42. The Bertz CT molecular complexity index is 304. The maximum Gasteiger partial charge on any atom is 0.0594 e. The molecule has 0 aromatic carbocycles. The van der Waals surface area contributed by atoms with Gasteiger partial charge in [-0.05, 0) is 38.1 Å². The number of ether oxygens (including phenoxy) is 1. The van der Waals surface area contributed by atoms with Gasteiger partial charge in [0, 0.05) is 24.7 Å². The van der Waals surface area contributed by atoms with Gasteiger partial charge in [0.05, 0.1) is 13.2 Å². The molecule has 3 aliphatic rings. The lowest BCUT2D eigenvalue weighted by Crippen LogP contribution is -2.63. The van der Waals surface area contributed by atoms with Crippen LogP contribution in [0.5, 0.6) is 0 Å². The second-order valence-corrected chi connectivity index (χ2v) is 7.45. The van der Waals surface area contributed by atoms with E-state index in [2.05, 4.69) is 17.1 Å². The number of hydrogen-bond acceptors (Lipinski definition) is 3. The zero-order valence-electron chi connectivity index (χ0n) is 13.9. The van der Waals surface area contributed by atoms with E-state index < -0.39 is 0 Å². The molecule has 2 saturated carbocycles. The topological polar surface area (TPSA) is 24.5 Å². The van der Waals surface area contributed by atoms with E-state index in [-0.39, 0.29) is 0 Å². The summed E-state index contributed by atoms with van der Waals surface area (Å²) in [6, 6.07) is 0.711. The molecule has 1 unspecified atom stereocenters. The van der Waals surface area contributed by atoms with Crippen molar-refractivity contribution in [2.45, 2.75) is 76.3 Å². The van der Waals surface area contributed by atoms with Crippen LogP contribution in [0.15, 0.2) is 0 Å². The Hall–Kier alpha value is -0.120. The quantitative estimate of drug-likeness (QED) is 0.780. The van der Waals surface area contributed by atoms with E-state index in [1.807, 2.05) is 0 Å². The van der Waals surface area contributed by atoms with Crippen molar-refractivity contribution in [1.29, 1.82) is 0 Å². The van der Waals surface area contributed by atoms with Gasteiger partial charge in [0.1, 0.15) is 0 Å². The van der Waals surface area contributed by atoms with Gasteiger partial charge in [-0.3, -0.25) is 4.90 Å². The summed E-state index contributed by atoms with van der Waals surface area (Å²) in [4.78, 5) is 2.80. The van der Waals surface area contributed by atoms with Crippen LogP contribution in [0, 0.1) is 5.92 Å². The zero-order chi connectivity index (χ0) is 14.5. The molecular weight excluding hydrogens is 260 g/mol. The molecule has 1 N–H and O–H groups in total. The lowest BCUT2D eigenvalue weighted by Gasteiger charge is -2.50. The molecule has 1 aliphatic heterocycles. The van der Waals surface area contributed by atoms with Crippen molar-refractivity contribution in [3.8, 4) is 0 Å². The molecule has 0 bridgehead atoms. The lowest BCUT2D eigenvalue weighted by atomic mass is 9.74. The van der Waals surface area contributed by atoms with Gasteiger partial charge < -0.3 is 10.1 Å². The van der Waals surface area contributed by atoms with Crippen molar-refractivity contribution >= 4 is 0 Å². The smallest absolute Gasteiger partial charge is 0.0594 e. The maximum atomic E-state index is 5.62. The molecular formula is C18H34N2O. The summed E-state index contributed by atoms with van der Waals surface area (Å²) in [6.07, 6.45) is 12.7. The Morgan fingerprint density at radius 1 is 1.14 bits per heavy atom. The largest absolute Gasteiger partial charge is 0.379 e. The van der Waals surface area contributed by atoms with Crippen molar-refractivity contribution in [3.05, 3.63) is 0 Å². The van der Waals surface area contributed by atoms with Crippen LogP contribution in [0.4, 0.5) is 0 Å². The zero-order valence-corrected chi connectivity index (χ0v) is 13.9. The highest BCUT2D eigenvalue weighted by atomic mass is 16.5. The van der Waals surface area contributed by atoms with E-state index in [9.17, 15) is 0 Å². The normalized spacial score (nSPS) is 28.4. The Morgan fingerprint density at radius 3 is 2.43 bits per heavy atom. The fourth-order valence-electron chi connectivity index (χ4n) is 4.75. The third-order valence-corrected chi connectivity index (χ3v) is 6.19. The first kappa shape index (κ1) is 15.8. The molecule has 21 heavy (non-hydrogen) atoms. The highest BCUT2D eigenvalue weighted by molar-refractivity contribution is 5.05. The number of hydrogen-bond donors (Lipinski definition) is 1. The van der Waals surface area contributed by atoms with Gasteiger partial charge >= 0.3 is 0 Å². The van der Waals surface area contributed by atoms with Gasteiger partial charge in [0.25, 0.3) is 0 Å². The molecule has 122 valence electrons. The van der Waals surface area contributed by atoms with E-state index >= 15 is 0 Å². The van der Waals surface area contributed by atoms with E-state index in [1.165, 1.54) is 64.3 Å². The van der Waals surface area contributed by atoms with Crippen molar-refractivity contribution < 1.29 is 4.74 Å². The summed E-state index contributed by atoms with van der Waals surface area (Å²) < 4.78 is 5.62. The van der Waals surface area contributed by atoms with Crippen molar-refractivity contribution in [2.24, 2.45) is 5.92 Å². The van der Waals surface area contributed by atoms with E-state index in [4.69, 9.17) is 4.74 Å². The molecule has 0 aromatic rings. The molecule has 2 aliphatic carbocycles. The summed E-state index contributed by atoms with van der Waals surface area (Å²) >= 11 is 0. The van der Waals surface area contributed by atoms with Crippen molar-refractivity contribution in [1.82, 2.24) is 10.2 Å². The van der Waals surface area contributed by atoms with E-state index in [1.54, 1.807) is 0 Å². The highest BCUT2D eigenvalue weighted by Gasteiger charge is 2.46. The summed E-state index contributed by atoms with van der Waals surface area (Å²) in [6.45, 7) is 7.65. The number of morpholine rings is 1. The summed E-state index contributed by atoms with van der Waals surface area (Å²) in [5.41, 5.74) is 0.439. The second-order valence-electron chi connectivity index (χ2n) is 7.45. The van der Waals surface area contributed by atoms with E-state index in [0.717, 1.165) is 32.2 Å². The third kappa shape index (κ3) is 3.46. The van der Waals surface area contributed by atoms with Crippen LogP contribution >= 0.6 is 0 Å². The fourth-order valence-corrected chi connectivity index (χ4v) is 4.75. The van der Waals surface area contributed by atoms with Gasteiger partial charge in [-0.15, -0.1) is 0 Å². The predicted molar refractivity (Wildman–Crippen MR) is 87.6 cm³/mol. The molecule has 3 heteroatoms. The Balaban J connectivity index is 1.72. The number of nitrogens with one attached hydrogen (secondary N) is 1. The molecule has 3 rings (SSSR count). The summed E-state index contributed by atoms with van der Waals surface area (Å²) in [5.74, 6) is 0.998. The Kier molecular flexibility index (Phi) is 5.58. The lowest BCUT2D eigenvalue weighted by molar-refractivity contribution is -0.0405. The van der Waals surface area contributed by atoms with Crippen molar-refractivity contribution in [3.63, 3.8) is 0 Å². The Labute approximate surface area is 130 Å². The molecule has 1 atom stereocenters. The molecule has 0 radical (unpaired) electrons. The van der Waals surface area contributed by atoms with Crippen LogP contribution < -0.4 is 5.32 Å². The van der Waals surface area contributed by atoms with Gasteiger partial charge in [-0.2, -0.15) is 0 Å². The predicted octanol–water partition coefficient (Wildman–Crippen LogP) is 3.19. The summed E-state index contributed by atoms with van der Waals surface area (Å²) in [5, 5.41) is 3.97. The maximum absolute atomic E-state index is 5.62. The molecule has 0 amide bonds. The third-order valence-electron chi connectivity index (χ3n) is 6.19. The van der Waals surface area contributed by atoms with E-state index in [0.29, 0.717) is 11.6 Å². The van der Waals surface area contributed by atoms with Gasteiger partial charge in [0.2, 0.25) is 0 Å². The first-order valence-electron chi connectivity index (χ1n) is 9.41. The molecule has 0 spiro atoms. The second kappa shape index (κ2) is 7.43. The fraction of sp³-hybridized carbons (Fsp3) is 1.00. The van der Waals surface area contributed by atoms with Crippen LogP contribution in [0.25, 0.3) is 0 Å². The molecule has 3 fully saturated rings. The Morgan fingerprint density at radius 2 is 1.86 bits per heavy atom. The summed E-state index contributed by atoms with van der Waals surface area (Å²) in [7, 11) is 0. The van der Waals surface area contributed by atoms with Crippen LogP contribution in [-0.4, -0.2) is 49.3 Å². The van der Waals surface area contributed by atoms with Gasteiger partial charge in [-0.25, -0.2) is 0 Å². The first-order valence-corrected chi connectivity index (χ1v) is 9.41. The average molecular weight is 294 g/mol. The minimum Gasteiger partial charge on any atom is -0.379 e. The van der Waals surface area contributed by atoms with Gasteiger partial charge in [-0.1, -0.05) is 39.0 Å². The first-order chi connectivity index (χ1) is 10.3. The molecule has 3 nitrogen and oxygen atoms in total. The van der Waals surface area contributed by atoms with Gasteiger partial charge in [0.15, 0.2) is 0 Å². The average Bonchev–Trinajstić information content (AvgIpc) is 2.97. The van der Waals surface area contributed by atoms with Crippen LogP contribution in [0.3, 0.4) is 0 Å². The minimum absolute atomic E-state index is 0.439. The van der Waals surface area contributed by atoms with Crippen LogP contribution in [0.2, 0.25) is 0 Å². The molecule has 1 heterocycles. The molecule has 0 aromatic heterocycles. The van der Waals surface area contributed by atoms with Crippen LogP contribution in [-0.2, 0) is 4.74 Å². The number of rotatable bonds is 7. The SMILES string of the molecule is CCCNC(CC1CCC1)C1(N2CCOCC2)CCCC1. The van der Waals surface area contributed by atoms with Crippen molar-refractivity contribution in [2.75, 3.05) is 32.8 Å². The minimum atomic E-state index is 0.439. The molecule has 1 saturated heterocycles. The number of nitrogens with zero attached hydrogens (tertiary/aromatic N) is 1.